The molecule has 2 N–H and O–H groups in total. The van der Waals surface area contributed by atoms with Crippen molar-refractivity contribution in [3.05, 3.63) is 62.6 Å². The van der Waals surface area contributed by atoms with Gasteiger partial charge in [-0.3, -0.25) is 9.89 Å². The van der Waals surface area contributed by atoms with Gasteiger partial charge in [-0.05, 0) is 74.8 Å². The van der Waals surface area contributed by atoms with Crippen LogP contribution in [0, 0.1) is 11.6 Å². The van der Waals surface area contributed by atoms with Crippen LogP contribution in [0.2, 0.25) is 0 Å². The third-order valence-corrected chi connectivity index (χ3v) is 7.68. The number of halogens is 4. The minimum absolute atomic E-state index is 0.0662. The maximum Gasteiger partial charge on any atom is 0.148 e. The Bertz CT molecular complexity index is 1090. The predicted molar refractivity (Wildman–Crippen MR) is 131 cm³/mol. The summed E-state index contributed by atoms with van der Waals surface area (Å²) in [5, 5.41) is 0. The molecule has 1 saturated heterocycles. The van der Waals surface area contributed by atoms with E-state index in [1.165, 1.54) is 12.1 Å². The van der Waals surface area contributed by atoms with E-state index in [2.05, 4.69) is 20.9 Å². The number of hydrogen-bond donors (Lipinski definition) is 1. The molecular formula is C26H29BrF3N3O. The minimum atomic E-state index is -1.30. The van der Waals surface area contributed by atoms with Crippen LogP contribution in [0.4, 0.5) is 18.9 Å². The van der Waals surface area contributed by atoms with Gasteiger partial charge in [0.1, 0.15) is 23.5 Å². The smallest absolute Gasteiger partial charge is 0.148 e. The Kier molecular flexibility index (Phi) is 6.50. The molecule has 1 saturated carbocycles. The SMILES string of the molecule is C[C@@H]1Cc2c(ccc(N)c2C=NC2CCCCO2)C(c2c(F)cc(Br)cc2F)N1CC1(F)CC1. The number of hydrogen-bond acceptors (Lipinski definition) is 4. The lowest BCUT2D eigenvalue weighted by Gasteiger charge is -2.43. The van der Waals surface area contributed by atoms with Crippen LogP contribution in [0.1, 0.15) is 67.3 Å². The van der Waals surface area contributed by atoms with Crippen LogP contribution in [-0.2, 0) is 11.2 Å². The highest BCUT2D eigenvalue weighted by Crippen LogP contribution is 2.47. The number of anilines is 1. The van der Waals surface area contributed by atoms with Crippen LogP contribution in [0.25, 0.3) is 0 Å². The number of alkyl halides is 1. The summed E-state index contributed by atoms with van der Waals surface area (Å²) >= 11 is 3.17. The normalized spacial score (nSPS) is 26.6. The molecule has 0 aromatic heterocycles. The molecule has 2 heterocycles. The Balaban J connectivity index is 1.62. The lowest BCUT2D eigenvalue weighted by Crippen LogP contribution is -2.47. The van der Waals surface area contributed by atoms with E-state index < -0.39 is 23.3 Å². The molecule has 1 aliphatic carbocycles. The van der Waals surface area contributed by atoms with Crippen molar-refractivity contribution in [1.82, 2.24) is 4.90 Å². The average molecular weight is 536 g/mol. The van der Waals surface area contributed by atoms with E-state index in [1.807, 2.05) is 17.9 Å². The fraction of sp³-hybridized carbons (Fsp3) is 0.500. The molecule has 0 spiro atoms. The third-order valence-electron chi connectivity index (χ3n) is 7.22. The van der Waals surface area contributed by atoms with E-state index in [1.54, 1.807) is 12.3 Å². The number of ether oxygens (including phenoxy) is 1. The van der Waals surface area contributed by atoms with Crippen LogP contribution < -0.4 is 5.73 Å². The molecule has 0 amide bonds. The highest BCUT2D eigenvalue weighted by atomic mass is 79.9. The fourth-order valence-electron chi connectivity index (χ4n) is 5.18. The number of benzene rings is 2. The molecule has 8 heteroatoms. The Morgan fingerprint density at radius 3 is 2.62 bits per heavy atom. The lowest BCUT2D eigenvalue weighted by molar-refractivity contribution is 0.0227. The summed E-state index contributed by atoms with van der Waals surface area (Å²) in [5.74, 6) is -1.32. The summed E-state index contributed by atoms with van der Waals surface area (Å²) in [6.45, 7) is 2.80. The van der Waals surface area contributed by atoms with Gasteiger partial charge in [0.2, 0.25) is 0 Å². The van der Waals surface area contributed by atoms with Gasteiger partial charge in [0.05, 0.1) is 6.04 Å². The van der Waals surface area contributed by atoms with Crippen molar-refractivity contribution in [3.8, 4) is 0 Å². The summed E-state index contributed by atoms with van der Waals surface area (Å²) < 4.78 is 51.5. The zero-order valence-electron chi connectivity index (χ0n) is 19.2. The Morgan fingerprint density at radius 1 is 1.24 bits per heavy atom. The lowest BCUT2D eigenvalue weighted by atomic mass is 9.81. The summed E-state index contributed by atoms with van der Waals surface area (Å²) in [5.41, 5.74) is 7.93. The number of nitrogen functional groups attached to an aromatic ring is 1. The van der Waals surface area contributed by atoms with Gasteiger partial charge in [0, 0.05) is 46.7 Å². The molecule has 0 bridgehead atoms. The molecule has 0 radical (unpaired) electrons. The molecule has 2 aromatic carbocycles. The maximum absolute atomic E-state index is 15.3. The number of nitrogens with two attached hydrogens (primary N) is 1. The van der Waals surface area contributed by atoms with Crippen molar-refractivity contribution in [1.29, 1.82) is 0 Å². The second kappa shape index (κ2) is 9.28. The van der Waals surface area contributed by atoms with Gasteiger partial charge in [-0.15, -0.1) is 0 Å². The first-order chi connectivity index (χ1) is 16.3. The van der Waals surface area contributed by atoms with Crippen molar-refractivity contribution in [2.45, 2.75) is 69.4 Å². The van der Waals surface area contributed by atoms with Crippen LogP contribution in [0.3, 0.4) is 0 Å². The Hall–Kier alpha value is -1.90. The van der Waals surface area contributed by atoms with E-state index in [0.29, 0.717) is 36.0 Å². The number of aliphatic imine (C=N–C) groups is 1. The van der Waals surface area contributed by atoms with Gasteiger partial charge in [0.25, 0.3) is 0 Å². The molecule has 2 aromatic rings. The van der Waals surface area contributed by atoms with Gasteiger partial charge in [-0.25, -0.2) is 13.2 Å². The molecule has 3 atom stereocenters. The second-order valence-electron chi connectivity index (χ2n) is 9.80. The van der Waals surface area contributed by atoms with Gasteiger partial charge in [-0.2, -0.15) is 0 Å². The molecular weight excluding hydrogens is 507 g/mol. The van der Waals surface area contributed by atoms with E-state index in [4.69, 9.17) is 10.5 Å². The van der Waals surface area contributed by atoms with Gasteiger partial charge < -0.3 is 10.5 Å². The molecule has 2 aliphatic heterocycles. The van der Waals surface area contributed by atoms with Crippen molar-refractivity contribution in [2.24, 2.45) is 4.99 Å². The van der Waals surface area contributed by atoms with Crippen LogP contribution in [0.5, 0.6) is 0 Å². The first-order valence-corrected chi connectivity index (χ1v) is 12.7. The second-order valence-corrected chi connectivity index (χ2v) is 10.7. The molecule has 2 fully saturated rings. The molecule has 4 nitrogen and oxygen atoms in total. The zero-order valence-corrected chi connectivity index (χ0v) is 20.8. The number of rotatable bonds is 5. The van der Waals surface area contributed by atoms with Crippen LogP contribution in [0.15, 0.2) is 33.7 Å². The van der Waals surface area contributed by atoms with E-state index in [9.17, 15) is 4.39 Å². The predicted octanol–water partition coefficient (Wildman–Crippen LogP) is 6.09. The quantitative estimate of drug-likeness (QED) is 0.372. The summed E-state index contributed by atoms with van der Waals surface area (Å²) in [4.78, 5) is 6.53. The zero-order chi connectivity index (χ0) is 24.0. The van der Waals surface area contributed by atoms with Crippen molar-refractivity contribution in [2.75, 3.05) is 18.9 Å². The average Bonchev–Trinajstić information content (AvgIpc) is 3.52. The largest absolute Gasteiger partial charge is 0.398 e. The summed E-state index contributed by atoms with van der Waals surface area (Å²) in [7, 11) is 0. The Labute approximate surface area is 206 Å². The molecule has 34 heavy (non-hydrogen) atoms. The Morgan fingerprint density at radius 2 is 1.97 bits per heavy atom. The van der Waals surface area contributed by atoms with Crippen molar-refractivity contribution < 1.29 is 17.9 Å². The standard InChI is InChI=1S/C26H29BrF3N3O/c1-15-10-18-17(5-6-22(31)19(18)13-32-23-4-2-3-9-34-23)25(33(15)14-26(30)7-8-26)24-20(28)11-16(27)12-21(24)29/h5-6,11-13,15,23,25H,2-4,7-10,14,31H2,1H3/t15-,23?,25?/m1/s1. The first kappa shape index (κ1) is 23.8. The number of nitrogens with zero attached hydrogens (tertiary/aromatic N) is 2. The minimum Gasteiger partial charge on any atom is -0.398 e. The van der Waals surface area contributed by atoms with Gasteiger partial charge in [0.15, 0.2) is 0 Å². The molecule has 5 rings (SSSR count). The third kappa shape index (κ3) is 4.64. The first-order valence-electron chi connectivity index (χ1n) is 11.9. The van der Waals surface area contributed by atoms with Crippen molar-refractivity contribution >= 4 is 27.8 Å². The molecule has 3 aliphatic rings. The van der Waals surface area contributed by atoms with E-state index in [0.717, 1.165) is 36.0 Å². The molecule has 2 unspecified atom stereocenters. The van der Waals surface area contributed by atoms with Crippen LogP contribution >= 0.6 is 15.9 Å². The monoisotopic (exact) mass is 535 g/mol. The molecule has 182 valence electrons. The highest BCUT2D eigenvalue weighted by molar-refractivity contribution is 9.10. The van der Waals surface area contributed by atoms with E-state index >= 15 is 8.78 Å². The maximum atomic E-state index is 15.3. The van der Waals surface area contributed by atoms with Crippen LogP contribution in [-0.4, -0.2) is 42.2 Å². The van der Waals surface area contributed by atoms with Crippen molar-refractivity contribution in [3.63, 3.8) is 0 Å². The van der Waals surface area contributed by atoms with E-state index in [-0.39, 0.29) is 24.4 Å². The number of fused-ring (bicyclic) bond motifs is 1. The topological polar surface area (TPSA) is 50.9 Å². The summed E-state index contributed by atoms with van der Waals surface area (Å²) in [6, 6.07) is 5.18. The van der Waals surface area contributed by atoms with Gasteiger partial charge >= 0.3 is 0 Å². The van der Waals surface area contributed by atoms with Gasteiger partial charge in [-0.1, -0.05) is 22.0 Å². The fourth-order valence-corrected chi connectivity index (χ4v) is 5.59. The highest BCUT2D eigenvalue weighted by Gasteiger charge is 2.48. The summed E-state index contributed by atoms with van der Waals surface area (Å²) in [6.07, 6.45) is 6.02.